The van der Waals surface area contributed by atoms with E-state index in [-0.39, 0.29) is 0 Å². The summed E-state index contributed by atoms with van der Waals surface area (Å²) in [5.74, 6) is 0. The van der Waals surface area contributed by atoms with E-state index in [1.165, 1.54) is 65.0 Å². The second-order valence-corrected chi connectivity index (χ2v) is 6.70. The zero-order chi connectivity index (χ0) is 12.7. The molecule has 17 heavy (non-hydrogen) atoms. The standard InChI is InChI=1S/C15H32N2/c1-5-9-16-11-13-17(14-12-16)10-7-6-8-15(2,3)4/h5-14H2,1-4H3. The molecule has 1 fully saturated rings. The van der Waals surface area contributed by atoms with Crippen molar-refractivity contribution >= 4 is 0 Å². The van der Waals surface area contributed by atoms with E-state index < -0.39 is 0 Å². The van der Waals surface area contributed by atoms with Gasteiger partial charge in [-0.3, -0.25) is 0 Å². The van der Waals surface area contributed by atoms with Gasteiger partial charge in [0.15, 0.2) is 0 Å². The summed E-state index contributed by atoms with van der Waals surface area (Å²) >= 11 is 0. The maximum Gasteiger partial charge on any atom is 0.0110 e. The largest absolute Gasteiger partial charge is 0.301 e. The summed E-state index contributed by atoms with van der Waals surface area (Å²) in [6.45, 7) is 17.1. The lowest BCUT2D eigenvalue weighted by atomic mass is 9.90. The molecule has 0 radical (unpaired) electrons. The SMILES string of the molecule is CCCN1CCN(CCCCC(C)(C)C)CC1. The zero-order valence-corrected chi connectivity index (χ0v) is 12.5. The predicted octanol–water partition coefficient (Wildman–Crippen LogP) is 3.23. The highest BCUT2D eigenvalue weighted by molar-refractivity contribution is 4.71. The van der Waals surface area contributed by atoms with Crippen molar-refractivity contribution in [1.82, 2.24) is 9.80 Å². The van der Waals surface area contributed by atoms with Crippen molar-refractivity contribution in [1.29, 1.82) is 0 Å². The molecule has 1 heterocycles. The van der Waals surface area contributed by atoms with Gasteiger partial charge in [-0.2, -0.15) is 0 Å². The van der Waals surface area contributed by atoms with Crippen LogP contribution in [0.2, 0.25) is 0 Å². The summed E-state index contributed by atoms with van der Waals surface area (Å²) in [7, 11) is 0. The van der Waals surface area contributed by atoms with Crippen molar-refractivity contribution < 1.29 is 0 Å². The van der Waals surface area contributed by atoms with Gasteiger partial charge in [-0.15, -0.1) is 0 Å². The Kier molecular flexibility index (Phi) is 6.50. The Morgan fingerprint density at radius 2 is 1.35 bits per heavy atom. The molecular formula is C15H32N2. The Hall–Kier alpha value is -0.0800. The Bertz CT molecular complexity index is 188. The lowest BCUT2D eigenvalue weighted by Crippen LogP contribution is -2.46. The molecule has 0 saturated carbocycles. The lowest BCUT2D eigenvalue weighted by molar-refractivity contribution is 0.130. The van der Waals surface area contributed by atoms with Crippen LogP contribution < -0.4 is 0 Å². The molecule has 1 saturated heterocycles. The van der Waals surface area contributed by atoms with E-state index >= 15 is 0 Å². The van der Waals surface area contributed by atoms with Crippen molar-refractivity contribution in [2.75, 3.05) is 39.3 Å². The van der Waals surface area contributed by atoms with Crippen LogP contribution in [0.15, 0.2) is 0 Å². The van der Waals surface area contributed by atoms with Crippen LogP contribution in [0.3, 0.4) is 0 Å². The van der Waals surface area contributed by atoms with Gasteiger partial charge in [0, 0.05) is 26.2 Å². The summed E-state index contributed by atoms with van der Waals surface area (Å²) in [6, 6.07) is 0. The molecule has 0 aromatic rings. The fourth-order valence-electron chi connectivity index (χ4n) is 2.54. The topological polar surface area (TPSA) is 6.48 Å². The van der Waals surface area contributed by atoms with Crippen LogP contribution in [0.4, 0.5) is 0 Å². The number of piperazine rings is 1. The van der Waals surface area contributed by atoms with Crippen molar-refractivity contribution in [2.45, 2.75) is 53.4 Å². The first-order valence-electron chi connectivity index (χ1n) is 7.46. The maximum absolute atomic E-state index is 2.65. The Balaban J connectivity index is 2.02. The summed E-state index contributed by atoms with van der Waals surface area (Å²) in [5.41, 5.74) is 0.514. The molecule has 0 bridgehead atoms. The molecule has 0 spiro atoms. The Morgan fingerprint density at radius 1 is 0.824 bits per heavy atom. The molecular weight excluding hydrogens is 208 g/mol. The third kappa shape index (κ3) is 7.05. The predicted molar refractivity (Wildman–Crippen MR) is 76.5 cm³/mol. The highest BCUT2D eigenvalue weighted by Crippen LogP contribution is 2.21. The minimum Gasteiger partial charge on any atom is -0.301 e. The molecule has 0 aliphatic carbocycles. The highest BCUT2D eigenvalue weighted by atomic mass is 15.3. The fourth-order valence-corrected chi connectivity index (χ4v) is 2.54. The lowest BCUT2D eigenvalue weighted by Gasteiger charge is -2.34. The summed E-state index contributed by atoms with van der Waals surface area (Å²) in [4.78, 5) is 5.25. The van der Waals surface area contributed by atoms with E-state index in [1.54, 1.807) is 0 Å². The number of unbranched alkanes of at least 4 members (excludes halogenated alkanes) is 1. The molecule has 0 amide bonds. The van der Waals surface area contributed by atoms with E-state index in [9.17, 15) is 0 Å². The van der Waals surface area contributed by atoms with E-state index in [2.05, 4.69) is 37.5 Å². The van der Waals surface area contributed by atoms with E-state index in [1.807, 2.05) is 0 Å². The third-order valence-corrected chi connectivity index (χ3v) is 3.66. The quantitative estimate of drug-likeness (QED) is 0.658. The molecule has 2 heteroatoms. The average Bonchev–Trinajstić information content (AvgIpc) is 2.26. The first-order valence-corrected chi connectivity index (χ1v) is 7.46. The van der Waals surface area contributed by atoms with Crippen molar-refractivity contribution in [3.8, 4) is 0 Å². The van der Waals surface area contributed by atoms with E-state index in [0.717, 1.165) is 0 Å². The van der Waals surface area contributed by atoms with E-state index in [4.69, 9.17) is 0 Å². The minimum absolute atomic E-state index is 0.514. The van der Waals surface area contributed by atoms with Crippen LogP contribution in [-0.4, -0.2) is 49.1 Å². The third-order valence-electron chi connectivity index (χ3n) is 3.66. The van der Waals surface area contributed by atoms with Crippen LogP contribution in [-0.2, 0) is 0 Å². The monoisotopic (exact) mass is 240 g/mol. The van der Waals surface area contributed by atoms with Crippen LogP contribution in [0, 0.1) is 5.41 Å². The number of hydrogen-bond acceptors (Lipinski definition) is 2. The average molecular weight is 240 g/mol. The Morgan fingerprint density at radius 3 is 1.82 bits per heavy atom. The van der Waals surface area contributed by atoms with Gasteiger partial charge in [-0.25, -0.2) is 0 Å². The van der Waals surface area contributed by atoms with Gasteiger partial charge in [-0.1, -0.05) is 34.1 Å². The first-order chi connectivity index (χ1) is 8.01. The van der Waals surface area contributed by atoms with E-state index in [0.29, 0.717) is 5.41 Å². The molecule has 2 nitrogen and oxygen atoms in total. The van der Waals surface area contributed by atoms with Crippen molar-refractivity contribution in [2.24, 2.45) is 5.41 Å². The van der Waals surface area contributed by atoms with Crippen LogP contribution in [0.1, 0.15) is 53.4 Å². The van der Waals surface area contributed by atoms with Crippen LogP contribution in [0.5, 0.6) is 0 Å². The highest BCUT2D eigenvalue weighted by Gasteiger charge is 2.15. The summed E-state index contributed by atoms with van der Waals surface area (Å²) in [6.07, 6.45) is 5.43. The second-order valence-electron chi connectivity index (χ2n) is 6.70. The smallest absolute Gasteiger partial charge is 0.0110 e. The van der Waals surface area contributed by atoms with Crippen molar-refractivity contribution in [3.05, 3.63) is 0 Å². The van der Waals surface area contributed by atoms with Gasteiger partial charge < -0.3 is 9.80 Å². The van der Waals surface area contributed by atoms with Gasteiger partial charge in [-0.05, 0) is 37.8 Å². The second kappa shape index (κ2) is 7.38. The maximum atomic E-state index is 2.65. The zero-order valence-electron chi connectivity index (χ0n) is 12.5. The molecule has 0 aromatic heterocycles. The van der Waals surface area contributed by atoms with Gasteiger partial charge >= 0.3 is 0 Å². The first kappa shape index (κ1) is 15.0. The van der Waals surface area contributed by atoms with Crippen LogP contribution in [0.25, 0.3) is 0 Å². The fraction of sp³-hybridized carbons (Fsp3) is 1.00. The van der Waals surface area contributed by atoms with Crippen LogP contribution >= 0.6 is 0 Å². The molecule has 102 valence electrons. The van der Waals surface area contributed by atoms with Gasteiger partial charge in [0.25, 0.3) is 0 Å². The molecule has 0 atom stereocenters. The normalized spacial score (nSPS) is 19.8. The molecule has 0 aromatic carbocycles. The minimum atomic E-state index is 0.514. The molecule has 1 rings (SSSR count). The van der Waals surface area contributed by atoms with Gasteiger partial charge in [0.2, 0.25) is 0 Å². The molecule has 1 aliphatic heterocycles. The molecule has 1 aliphatic rings. The number of nitrogens with zero attached hydrogens (tertiary/aromatic N) is 2. The summed E-state index contributed by atoms with van der Waals surface area (Å²) < 4.78 is 0. The Labute approximate surface area is 108 Å². The molecule has 0 unspecified atom stereocenters. The molecule has 0 N–H and O–H groups in total. The van der Waals surface area contributed by atoms with Gasteiger partial charge in [0.1, 0.15) is 0 Å². The number of hydrogen-bond donors (Lipinski definition) is 0. The summed E-state index contributed by atoms with van der Waals surface area (Å²) in [5, 5.41) is 0. The van der Waals surface area contributed by atoms with Gasteiger partial charge in [0.05, 0.1) is 0 Å². The number of rotatable bonds is 6. The van der Waals surface area contributed by atoms with Crippen molar-refractivity contribution in [3.63, 3.8) is 0 Å².